The highest BCUT2D eigenvalue weighted by Gasteiger charge is 2.34. The second-order valence-electron chi connectivity index (χ2n) is 4.95. The maximum Gasteiger partial charge on any atom is 0.252 e. The van der Waals surface area contributed by atoms with Gasteiger partial charge in [-0.3, -0.25) is 4.79 Å². The number of carbonyl (C=O) groups is 1. The average molecular weight is 265 g/mol. The van der Waals surface area contributed by atoms with Crippen molar-refractivity contribution in [3.05, 3.63) is 29.3 Å². The van der Waals surface area contributed by atoms with Crippen molar-refractivity contribution < 1.29 is 19.7 Å². The van der Waals surface area contributed by atoms with Crippen molar-refractivity contribution in [2.45, 2.75) is 25.3 Å². The number of benzene rings is 1. The van der Waals surface area contributed by atoms with Gasteiger partial charge < -0.3 is 20.3 Å². The van der Waals surface area contributed by atoms with Crippen LogP contribution < -0.4 is 5.32 Å². The van der Waals surface area contributed by atoms with E-state index >= 15 is 0 Å². The molecule has 3 N–H and O–H groups in total. The molecule has 0 saturated carbocycles. The summed E-state index contributed by atoms with van der Waals surface area (Å²) >= 11 is 0. The Morgan fingerprint density at radius 3 is 2.74 bits per heavy atom. The smallest absolute Gasteiger partial charge is 0.252 e. The number of nitrogens with one attached hydrogen (secondary N) is 1. The fourth-order valence-electron chi connectivity index (χ4n) is 2.26. The summed E-state index contributed by atoms with van der Waals surface area (Å²) in [4.78, 5) is 12.3. The third-order valence-electron chi connectivity index (χ3n) is 3.68. The van der Waals surface area contributed by atoms with E-state index in [1.54, 1.807) is 25.1 Å². The first-order valence-electron chi connectivity index (χ1n) is 6.38. The summed E-state index contributed by atoms with van der Waals surface area (Å²) in [5.41, 5.74) is 0.354. The molecule has 1 saturated heterocycles. The number of aromatic hydroxyl groups is 1. The molecule has 1 aliphatic heterocycles. The Bertz CT molecular complexity index is 467. The van der Waals surface area contributed by atoms with E-state index in [2.05, 4.69) is 5.32 Å². The van der Waals surface area contributed by atoms with Crippen molar-refractivity contribution in [1.82, 2.24) is 5.32 Å². The highest BCUT2D eigenvalue weighted by molar-refractivity contribution is 5.96. The van der Waals surface area contributed by atoms with Crippen molar-refractivity contribution in [2.24, 2.45) is 0 Å². The van der Waals surface area contributed by atoms with Crippen LogP contribution in [0.5, 0.6) is 5.75 Å². The molecular formula is C14H19NO4. The van der Waals surface area contributed by atoms with Gasteiger partial charge in [0.1, 0.15) is 5.75 Å². The predicted octanol–water partition coefficient (Wildman–Crippen LogP) is 0.972. The number of rotatable bonds is 3. The van der Waals surface area contributed by atoms with Crippen LogP contribution in [0.2, 0.25) is 0 Å². The van der Waals surface area contributed by atoms with Crippen LogP contribution in [-0.4, -0.2) is 41.5 Å². The van der Waals surface area contributed by atoms with Crippen LogP contribution >= 0.6 is 0 Å². The molecule has 0 unspecified atom stereocenters. The van der Waals surface area contributed by atoms with Gasteiger partial charge in [0.05, 0.1) is 12.1 Å². The summed E-state index contributed by atoms with van der Waals surface area (Å²) < 4.78 is 5.25. The fourth-order valence-corrected chi connectivity index (χ4v) is 2.26. The lowest BCUT2D eigenvalue weighted by molar-refractivity contribution is 0.0125. The van der Waals surface area contributed by atoms with Crippen LogP contribution in [0.4, 0.5) is 0 Å². The Kier molecular flexibility index (Phi) is 4.07. The van der Waals surface area contributed by atoms with Crippen molar-refractivity contribution in [2.75, 3.05) is 19.8 Å². The van der Waals surface area contributed by atoms with Gasteiger partial charge >= 0.3 is 0 Å². The lowest BCUT2D eigenvalue weighted by Gasteiger charge is -2.36. The van der Waals surface area contributed by atoms with Gasteiger partial charge in [0.15, 0.2) is 0 Å². The summed E-state index contributed by atoms with van der Waals surface area (Å²) in [5, 5.41) is 22.1. The van der Waals surface area contributed by atoms with E-state index in [1.165, 1.54) is 0 Å². The molecule has 1 aromatic carbocycles. The molecule has 0 aliphatic carbocycles. The van der Waals surface area contributed by atoms with Gasteiger partial charge in [-0.25, -0.2) is 0 Å². The average Bonchev–Trinajstić information content (AvgIpc) is 2.42. The summed E-state index contributed by atoms with van der Waals surface area (Å²) in [5.74, 6) is -0.179. The lowest BCUT2D eigenvalue weighted by atomic mass is 9.90. The molecule has 5 heteroatoms. The second kappa shape index (κ2) is 5.59. The summed E-state index contributed by atoms with van der Waals surface area (Å²) in [7, 11) is 0. The minimum Gasteiger partial charge on any atom is -0.508 e. The molecule has 1 fully saturated rings. The number of phenols is 1. The Labute approximate surface area is 112 Å². The zero-order chi connectivity index (χ0) is 13.9. The van der Waals surface area contributed by atoms with Gasteiger partial charge in [0.25, 0.3) is 5.91 Å². The van der Waals surface area contributed by atoms with Crippen molar-refractivity contribution >= 4 is 5.91 Å². The first-order chi connectivity index (χ1) is 9.08. The molecule has 2 rings (SSSR count). The number of aliphatic hydroxyl groups excluding tert-OH is 1. The molecule has 0 bridgehead atoms. The Morgan fingerprint density at radius 1 is 1.42 bits per heavy atom. The molecule has 104 valence electrons. The molecule has 1 heterocycles. The summed E-state index contributed by atoms with van der Waals surface area (Å²) in [6.45, 7) is 2.64. The molecule has 1 amide bonds. The standard InChI is InChI=1S/C14H19NO4/c1-10-11(3-2-4-12(10)17)13(18)15-14(9-16)5-7-19-8-6-14/h2-4,16-17H,5-9H2,1H3,(H,15,18). The van der Waals surface area contributed by atoms with Crippen LogP contribution in [0, 0.1) is 6.92 Å². The number of hydrogen-bond donors (Lipinski definition) is 3. The van der Waals surface area contributed by atoms with E-state index in [-0.39, 0.29) is 18.3 Å². The van der Waals surface area contributed by atoms with Gasteiger partial charge in [0.2, 0.25) is 0 Å². The molecule has 19 heavy (non-hydrogen) atoms. The number of amides is 1. The van der Waals surface area contributed by atoms with Crippen LogP contribution in [0.1, 0.15) is 28.8 Å². The van der Waals surface area contributed by atoms with Gasteiger partial charge in [0, 0.05) is 24.3 Å². The molecule has 0 aromatic heterocycles. The molecule has 1 aromatic rings. The first kappa shape index (κ1) is 13.8. The number of carbonyl (C=O) groups excluding carboxylic acids is 1. The van der Waals surface area contributed by atoms with E-state index in [4.69, 9.17) is 4.74 Å². The van der Waals surface area contributed by atoms with Crippen molar-refractivity contribution in [1.29, 1.82) is 0 Å². The van der Waals surface area contributed by atoms with Crippen molar-refractivity contribution in [3.63, 3.8) is 0 Å². The quantitative estimate of drug-likeness (QED) is 0.761. The van der Waals surface area contributed by atoms with Crippen LogP contribution in [0.25, 0.3) is 0 Å². The molecule has 0 radical (unpaired) electrons. The Morgan fingerprint density at radius 2 is 2.11 bits per heavy atom. The normalized spacial score (nSPS) is 18.0. The SMILES string of the molecule is Cc1c(O)cccc1C(=O)NC1(CO)CCOCC1. The van der Waals surface area contributed by atoms with E-state index in [0.29, 0.717) is 37.2 Å². The Balaban J connectivity index is 2.17. The topological polar surface area (TPSA) is 78.8 Å². The summed E-state index contributed by atoms with van der Waals surface area (Å²) in [6, 6.07) is 4.84. The second-order valence-corrected chi connectivity index (χ2v) is 4.95. The molecule has 0 atom stereocenters. The van der Waals surface area contributed by atoms with Crippen LogP contribution in [-0.2, 0) is 4.74 Å². The van der Waals surface area contributed by atoms with E-state index in [0.717, 1.165) is 0 Å². The van der Waals surface area contributed by atoms with Gasteiger partial charge in [-0.1, -0.05) is 6.07 Å². The van der Waals surface area contributed by atoms with E-state index < -0.39 is 5.54 Å². The zero-order valence-electron chi connectivity index (χ0n) is 11.0. The first-order valence-corrected chi connectivity index (χ1v) is 6.38. The number of aliphatic hydroxyl groups is 1. The lowest BCUT2D eigenvalue weighted by Crippen LogP contribution is -2.54. The highest BCUT2D eigenvalue weighted by atomic mass is 16.5. The molecule has 1 aliphatic rings. The maximum absolute atomic E-state index is 12.3. The van der Waals surface area contributed by atoms with Crippen molar-refractivity contribution in [3.8, 4) is 5.75 Å². The maximum atomic E-state index is 12.3. The molecular weight excluding hydrogens is 246 g/mol. The van der Waals surface area contributed by atoms with E-state index in [1.807, 2.05) is 0 Å². The molecule has 0 spiro atoms. The minimum atomic E-state index is -0.618. The van der Waals surface area contributed by atoms with Gasteiger partial charge in [-0.05, 0) is 31.9 Å². The predicted molar refractivity (Wildman–Crippen MR) is 70.2 cm³/mol. The number of ether oxygens (including phenoxy) is 1. The zero-order valence-corrected chi connectivity index (χ0v) is 11.0. The van der Waals surface area contributed by atoms with Crippen LogP contribution in [0.3, 0.4) is 0 Å². The third-order valence-corrected chi connectivity index (χ3v) is 3.68. The minimum absolute atomic E-state index is 0.0951. The van der Waals surface area contributed by atoms with Gasteiger partial charge in [-0.15, -0.1) is 0 Å². The van der Waals surface area contributed by atoms with Gasteiger partial charge in [-0.2, -0.15) is 0 Å². The number of phenolic OH excluding ortho intramolecular Hbond substituents is 1. The monoisotopic (exact) mass is 265 g/mol. The fraction of sp³-hybridized carbons (Fsp3) is 0.500. The molecule has 5 nitrogen and oxygen atoms in total. The highest BCUT2D eigenvalue weighted by Crippen LogP contribution is 2.23. The number of hydrogen-bond acceptors (Lipinski definition) is 4. The summed E-state index contributed by atoms with van der Waals surface area (Å²) in [6.07, 6.45) is 1.18. The Hall–Kier alpha value is -1.59. The third kappa shape index (κ3) is 2.88. The van der Waals surface area contributed by atoms with E-state index in [9.17, 15) is 15.0 Å². The van der Waals surface area contributed by atoms with Crippen LogP contribution in [0.15, 0.2) is 18.2 Å². The largest absolute Gasteiger partial charge is 0.508 e.